The number of fused-ring (bicyclic) bond motifs is 1. The van der Waals surface area contributed by atoms with Gasteiger partial charge < -0.3 is 19.4 Å². The monoisotopic (exact) mass is 264 g/mol. The van der Waals surface area contributed by atoms with Crippen molar-refractivity contribution in [3.05, 3.63) is 40.8 Å². The Morgan fingerprint density at radius 2 is 2.05 bits per heavy atom. The van der Waals surface area contributed by atoms with Crippen LogP contribution in [0.5, 0.6) is 5.75 Å². The molecular formula is C14H16O5. The van der Waals surface area contributed by atoms with Crippen LogP contribution in [-0.4, -0.2) is 29.0 Å². The average Bonchev–Trinajstić information content (AvgIpc) is 2.38. The molecule has 2 aromatic rings. The molecule has 0 unspecified atom stereocenters. The molecule has 0 aliphatic heterocycles. The zero-order valence-corrected chi connectivity index (χ0v) is 10.6. The number of hydrogen-bond donors (Lipinski definition) is 2. The highest BCUT2D eigenvalue weighted by Crippen LogP contribution is 2.20. The Balaban J connectivity index is 2.07. The molecule has 1 aromatic carbocycles. The lowest BCUT2D eigenvalue weighted by molar-refractivity contribution is -0.0139. The van der Waals surface area contributed by atoms with E-state index in [1.54, 1.807) is 24.3 Å². The number of benzene rings is 1. The summed E-state index contributed by atoms with van der Waals surface area (Å²) in [4.78, 5) is 11.1. The van der Waals surface area contributed by atoms with Crippen molar-refractivity contribution in [2.45, 2.75) is 18.9 Å². The lowest BCUT2D eigenvalue weighted by atomic mass is 10.1. The predicted octanol–water partition coefficient (Wildman–Crippen LogP) is 1.31. The molecule has 0 saturated heterocycles. The molecular weight excluding hydrogens is 248 g/mol. The van der Waals surface area contributed by atoms with Gasteiger partial charge in [-0.1, -0.05) is 0 Å². The molecule has 5 heteroatoms. The van der Waals surface area contributed by atoms with Gasteiger partial charge in [0.1, 0.15) is 11.3 Å². The van der Waals surface area contributed by atoms with E-state index in [9.17, 15) is 9.90 Å². The van der Waals surface area contributed by atoms with Crippen molar-refractivity contribution in [1.82, 2.24) is 0 Å². The van der Waals surface area contributed by atoms with E-state index in [4.69, 9.17) is 14.3 Å². The minimum atomic E-state index is -1.15. The van der Waals surface area contributed by atoms with Gasteiger partial charge in [-0.3, -0.25) is 0 Å². The maximum absolute atomic E-state index is 11.1. The van der Waals surface area contributed by atoms with Crippen LogP contribution in [0.1, 0.15) is 13.3 Å². The number of ether oxygens (including phenoxy) is 1. The summed E-state index contributed by atoms with van der Waals surface area (Å²) in [6.07, 6.45) is 0.306. The molecule has 0 aliphatic rings. The fraction of sp³-hybridized carbons (Fsp3) is 0.357. The molecule has 102 valence electrons. The van der Waals surface area contributed by atoms with Crippen LogP contribution >= 0.6 is 0 Å². The summed E-state index contributed by atoms with van der Waals surface area (Å²) in [6.45, 7) is 1.48. The van der Waals surface area contributed by atoms with Crippen LogP contribution in [-0.2, 0) is 0 Å². The molecule has 0 amide bonds. The van der Waals surface area contributed by atoms with Crippen molar-refractivity contribution in [2.24, 2.45) is 0 Å². The van der Waals surface area contributed by atoms with Gasteiger partial charge in [0.2, 0.25) is 0 Å². The maximum atomic E-state index is 11.1. The molecule has 1 heterocycles. The Labute approximate surface area is 110 Å². The topological polar surface area (TPSA) is 79.9 Å². The van der Waals surface area contributed by atoms with Crippen molar-refractivity contribution >= 4 is 11.0 Å². The van der Waals surface area contributed by atoms with Crippen LogP contribution in [0.2, 0.25) is 0 Å². The normalized spacial score (nSPS) is 14.3. The molecule has 0 saturated carbocycles. The fourth-order valence-corrected chi connectivity index (χ4v) is 1.60. The highest BCUT2D eigenvalue weighted by atomic mass is 16.5. The average molecular weight is 264 g/mol. The largest absolute Gasteiger partial charge is 0.493 e. The second-order valence-corrected chi connectivity index (χ2v) is 4.71. The second-order valence-electron chi connectivity index (χ2n) is 4.71. The predicted molar refractivity (Wildman–Crippen MR) is 70.3 cm³/mol. The molecule has 5 nitrogen and oxygen atoms in total. The Morgan fingerprint density at radius 1 is 1.32 bits per heavy atom. The van der Waals surface area contributed by atoms with Crippen molar-refractivity contribution in [3.63, 3.8) is 0 Å². The third-order valence-electron chi connectivity index (χ3n) is 2.84. The molecule has 0 fully saturated rings. The summed E-state index contributed by atoms with van der Waals surface area (Å²) < 4.78 is 10.5. The van der Waals surface area contributed by atoms with Crippen LogP contribution in [0.3, 0.4) is 0 Å². The third kappa shape index (κ3) is 3.56. The zero-order valence-electron chi connectivity index (χ0n) is 10.6. The van der Waals surface area contributed by atoms with E-state index in [0.717, 1.165) is 5.39 Å². The molecule has 0 spiro atoms. The first-order valence-corrected chi connectivity index (χ1v) is 6.00. The standard InChI is InChI=1S/C14H16O5/c1-14(17,9-15)6-7-18-11-4-2-10-3-5-13(16)19-12(10)8-11/h2-5,8,15,17H,6-7,9H2,1H3/t14-/m1/s1. The van der Waals surface area contributed by atoms with E-state index in [-0.39, 0.29) is 13.2 Å². The van der Waals surface area contributed by atoms with Crippen molar-refractivity contribution in [2.75, 3.05) is 13.2 Å². The number of aliphatic hydroxyl groups is 2. The van der Waals surface area contributed by atoms with Gasteiger partial charge in [-0.2, -0.15) is 0 Å². The lowest BCUT2D eigenvalue weighted by Crippen LogP contribution is -2.31. The first kappa shape index (κ1) is 13.6. The first-order valence-electron chi connectivity index (χ1n) is 6.00. The summed E-state index contributed by atoms with van der Waals surface area (Å²) in [5.74, 6) is 0.551. The van der Waals surface area contributed by atoms with E-state index in [1.165, 1.54) is 13.0 Å². The van der Waals surface area contributed by atoms with Gasteiger partial charge in [-0.05, 0) is 25.1 Å². The van der Waals surface area contributed by atoms with E-state index >= 15 is 0 Å². The number of rotatable bonds is 5. The second kappa shape index (κ2) is 5.42. The van der Waals surface area contributed by atoms with Crippen LogP contribution in [0, 0.1) is 0 Å². The number of hydrogen-bond acceptors (Lipinski definition) is 5. The SMILES string of the molecule is C[C@](O)(CO)CCOc1ccc2ccc(=O)oc2c1. The van der Waals surface area contributed by atoms with Crippen LogP contribution < -0.4 is 10.4 Å². The molecule has 1 aromatic heterocycles. The minimum absolute atomic E-state index is 0.260. The van der Waals surface area contributed by atoms with E-state index in [0.29, 0.717) is 17.8 Å². The van der Waals surface area contributed by atoms with Gasteiger partial charge >= 0.3 is 5.63 Å². The summed E-state index contributed by atoms with van der Waals surface area (Å²) in [5, 5.41) is 19.3. The van der Waals surface area contributed by atoms with Crippen LogP contribution in [0.15, 0.2) is 39.5 Å². The molecule has 1 atom stereocenters. The van der Waals surface area contributed by atoms with Gasteiger partial charge in [0.05, 0.1) is 18.8 Å². The molecule has 2 rings (SSSR count). The molecule has 0 aliphatic carbocycles. The summed E-state index contributed by atoms with van der Waals surface area (Å²) in [7, 11) is 0. The van der Waals surface area contributed by atoms with Gasteiger partial charge in [0, 0.05) is 23.9 Å². The Kier molecular flexibility index (Phi) is 3.87. The van der Waals surface area contributed by atoms with Gasteiger partial charge in [-0.25, -0.2) is 4.79 Å². The van der Waals surface area contributed by atoms with Gasteiger partial charge in [0.15, 0.2) is 0 Å². The quantitative estimate of drug-likeness (QED) is 0.796. The smallest absolute Gasteiger partial charge is 0.336 e. The molecule has 0 radical (unpaired) electrons. The fourth-order valence-electron chi connectivity index (χ4n) is 1.60. The highest BCUT2D eigenvalue weighted by molar-refractivity contribution is 5.77. The molecule has 0 bridgehead atoms. The van der Waals surface area contributed by atoms with Crippen molar-refractivity contribution < 1.29 is 19.4 Å². The summed E-state index contributed by atoms with van der Waals surface area (Å²) >= 11 is 0. The summed E-state index contributed by atoms with van der Waals surface area (Å²) in [6, 6.07) is 8.22. The highest BCUT2D eigenvalue weighted by Gasteiger charge is 2.18. The first-order chi connectivity index (χ1) is 9.00. The lowest BCUT2D eigenvalue weighted by Gasteiger charge is -2.20. The molecule has 2 N–H and O–H groups in total. The Bertz CT molecular complexity index is 615. The van der Waals surface area contributed by atoms with Crippen molar-refractivity contribution in [1.29, 1.82) is 0 Å². The van der Waals surface area contributed by atoms with E-state index < -0.39 is 11.2 Å². The Morgan fingerprint density at radius 3 is 2.79 bits per heavy atom. The van der Waals surface area contributed by atoms with E-state index in [2.05, 4.69) is 0 Å². The maximum Gasteiger partial charge on any atom is 0.336 e. The van der Waals surface area contributed by atoms with Crippen LogP contribution in [0.4, 0.5) is 0 Å². The molecule has 19 heavy (non-hydrogen) atoms. The van der Waals surface area contributed by atoms with E-state index in [1.807, 2.05) is 0 Å². The third-order valence-corrected chi connectivity index (χ3v) is 2.84. The van der Waals surface area contributed by atoms with Crippen molar-refractivity contribution in [3.8, 4) is 5.75 Å². The summed E-state index contributed by atoms with van der Waals surface area (Å²) in [5.41, 5.74) is -1.10. The minimum Gasteiger partial charge on any atom is -0.493 e. The van der Waals surface area contributed by atoms with Gasteiger partial charge in [0.25, 0.3) is 0 Å². The Hall–Kier alpha value is -1.85. The van der Waals surface area contributed by atoms with Gasteiger partial charge in [-0.15, -0.1) is 0 Å². The van der Waals surface area contributed by atoms with Crippen LogP contribution in [0.25, 0.3) is 11.0 Å². The number of aliphatic hydroxyl groups excluding tert-OH is 1. The zero-order chi connectivity index (χ0) is 13.9.